The first-order chi connectivity index (χ1) is 11.1. The highest BCUT2D eigenvalue weighted by Gasteiger charge is 2.31. The molecule has 2 aliphatic heterocycles. The average Bonchev–Trinajstić information content (AvgIpc) is 2.48. The number of hydrogen-bond donors (Lipinski definition) is 2. The van der Waals surface area contributed by atoms with Crippen LogP contribution < -0.4 is 10.6 Å². The van der Waals surface area contributed by atoms with Gasteiger partial charge < -0.3 is 15.5 Å². The standard InChI is InChI=1S/C16H21FN4O2.ClH/c17-13-1-3-14(4-2-13)19-15(22)11-20-5-7-21(8-6-20)16(23)12-9-18-10-12;/h1-4,12,18H,5-11H2,(H,19,22);1H. The number of hydrogen-bond acceptors (Lipinski definition) is 4. The Hall–Kier alpha value is -1.70. The van der Waals surface area contributed by atoms with E-state index in [4.69, 9.17) is 0 Å². The first-order valence-corrected chi connectivity index (χ1v) is 7.89. The molecule has 0 saturated carbocycles. The normalized spacial score (nSPS) is 18.5. The van der Waals surface area contributed by atoms with Gasteiger partial charge in [0.25, 0.3) is 0 Å². The van der Waals surface area contributed by atoms with E-state index in [9.17, 15) is 14.0 Å². The second kappa shape index (κ2) is 8.41. The molecule has 2 amide bonds. The van der Waals surface area contributed by atoms with Crippen molar-refractivity contribution in [3.8, 4) is 0 Å². The van der Waals surface area contributed by atoms with Gasteiger partial charge in [-0.2, -0.15) is 0 Å². The van der Waals surface area contributed by atoms with Crippen LogP contribution in [0, 0.1) is 11.7 Å². The van der Waals surface area contributed by atoms with E-state index in [2.05, 4.69) is 10.6 Å². The second-order valence-corrected chi connectivity index (χ2v) is 6.01. The second-order valence-electron chi connectivity index (χ2n) is 6.01. The lowest BCUT2D eigenvalue weighted by Crippen LogP contribution is -2.57. The summed E-state index contributed by atoms with van der Waals surface area (Å²) in [6.07, 6.45) is 0. The first kappa shape index (κ1) is 18.6. The molecule has 0 aromatic heterocycles. The highest BCUT2D eigenvalue weighted by molar-refractivity contribution is 5.92. The van der Waals surface area contributed by atoms with Crippen molar-refractivity contribution in [3.05, 3.63) is 30.1 Å². The summed E-state index contributed by atoms with van der Waals surface area (Å²) in [5.74, 6) is -0.104. The lowest BCUT2D eigenvalue weighted by Gasteiger charge is -2.38. The molecule has 2 saturated heterocycles. The molecule has 8 heteroatoms. The third-order valence-electron chi connectivity index (χ3n) is 4.31. The Morgan fingerprint density at radius 3 is 2.29 bits per heavy atom. The zero-order chi connectivity index (χ0) is 16.2. The van der Waals surface area contributed by atoms with Crippen LogP contribution in [-0.4, -0.2) is 67.4 Å². The maximum Gasteiger partial charge on any atom is 0.238 e. The van der Waals surface area contributed by atoms with E-state index in [0.29, 0.717) is 31.9 Å². The number of amides is 2. The fraction of sp³-hybridized carbons (Fsp3) is 0.500. The summed E-state index contributed by atoms with van der Waals surface area (Å²) in [6.45, 7) is 4.56. The molecule has 24 heavy (non-hydrogen) atoms. The van der Waals surface area contributed by atoms with Gasteiger partial charge in [-0.3, -0.25) is 14.5 Å². The maximum absolute atomic E-state index is 12.8. The molecule has 3 rings (SSSR count). The molecule has 0 atom stereocenters. The van der Waals surface area contributed by atoms with Crippen LogP contribution in [0.4, 0.5) is 10.1 Å². The molecule has 2 fully saturated rings. The number of halogens is 2. The van der Waals surface area contributed by atoms with Crippen LogP contribution in [0.25, 0.3) is 0 Å². The van der Waals surface area contributed by atoms with Crippen LogP contribution >= 0.6 is 12.4 Å². The van der Waals surface area contributed by atoms with Crippen LogP contribution in [-0.2, 0) is 9.59 Å². The molecular formula is C16H22ClFN4O2. The summed E-state index contributed by atoms with van der Waals surface area (Å²) in [5, 5.41) is 5.86. The fourth-order valence-electron chi connectivity index (χ4n) is 2.78. The molecule has 2 N–H and O–H groups in total. The van der Waals surface area contributed by atoms with Crippen molar-refractivity contribution in [1.29, 1.82) is 0 Å². The molecule has 6 nitrogen and oxygen atoms in total. The maximum atomic E-state index is 12.8. The van der Waals surface area contributed by atoms with Crippen LogP contribution in [0.1, 0.15) is 0 Å². The van der Waals surface area contributed by atoms with Crippen molar-refractivity contribution in [2.24, 2.45) is 5.92 Å². The van der Waals surface area contributed by atoms with Gasteiger partial charge in [0.1, 0.15) is 5.82 Å². The number of nitrogens with one attached hydrogen (secondary N) is 2. The van der Waals surface area contributed by atoms with Gasteiger partial charge in [-0.15, -0.1) is 12.4 Å². The van der Waals surface area contributed by atoms with E-state index in [-0.39, 0.29) is 42.5 Å². The van der Waals surface area contributed by atoms with Crippen molar-refractivity contribution in [2.75, 3.05) is 51.1 Å². The Kier molecular flexibility index (Phi) is 6.53. The summed E-state index contributed by atoms with van der Waals surface area (Å²) < 4.78 is 12.8. The van der Waals surface area contributed by atoms with E-state index in [0.717, 1.165) is 13.1 Å². The Morgan fingerprint density at radius 1 is 1.12 bits per heavy atom. The number of carbonyl (C=O) groups excluding carboxylic acids is 2. The SMILES string of the molecule is Cl.O=C(CN1CCN(C(=O)C2CNC2)CC1)Nc1ccc(F)cc1. The molecule has 2 aliphatic rings. The van der Waals surface area contributed by atoms with E-state index in [1.54, 1.807) is 0 Å². The van der Waals surface area contributed by atoms with Crippen LogP contribution in [0.5, 0.6) is 0 Å². The minimum atomic E-state index is -0.328. The lowest BCUT2D eigenvalue weighted by molar-refractivity contribution is -0.138. The molecule has 0 spiro atoms. The van der Waals surface area contributed by atoms with E-state index in [1.807, 2.05) is 9.80 Å². The average molecular weight is 357 g/mol. The van der Waals surface area contributed by atoms with Gasteiger partial charge in [-0.1, -0.05) is 0 Å². The summed E-state index contributed by atoms with van der Waals surface area (Å²) in [5.41, 5.74) is 0.586. The Morgan fingerprint density at radius 2 is 1.75 bits per heavy atom. The van der Waals surface area contributed by atoms with Crippen molar-refractivity contribution in [1.82, 2.24) is 15.1 Å². The molecule has 1 aromatic rings. The number of piperazine rings is 1. The molecule has 132 valence electrons. The van der Waals surface area contributed by atoms with Gasteiger partial charge >= 0.3 is 0 Å². The summed E-state index contributed by atoms with van der Waals surface area (Å²) >= 11 is 0. The van der Waals surface area contributed by atoms with Gasteiger partial charge in [-0.05, 0) is 24.3 Å². The summed E-state index contributed by atoms with van der Waals surface area (Å²) in [6, 6.07) is 5.71. The first-order valence-electron chi connectivity index (χ1n) is 7.89. The van der Waals surface area contributed by atoms with Crippen LogP contribution in [0.15, 0.2) is 24.3 Å². The smallest absolute Gasteiger partial charge is 0.238 e. The quantitative estimate of drug-likeness (QED) is 0.827. The van der Waals surface area contributed by atoms with Crippen molar-refractivity contribution >= 4 is 29.9 Å². The van der Waals surface area contributed by atoms with Gasteiger partial charge in [-0.25, -0.2) is 4.39 Å². The van der Waals surface area contributed by atoms with E-state index in [1.165, 1.54) is 24.3 Å². The number of benzene rings is 1. The van der Waals surface area contributed by atoms with Crippen LogP contribution in [0.3, 0.4) is 0 Å². The highest BCUT2D eigenvalue weighted by Crippen LogP contribution is 2.12. The van der Waals surface area contributed by atoms with Gasteiger partial charge in [0, 0.05) is 45.0 Å². The Labute approximate surface area is 146 Å². The van der Waals surface area contributed by atoms with Crippen molar-refractivity contribution < 1.29 is 14.0 Å². The predicted octanol–water partition coefficient (Wildman–Crippen LogP) is 0.550. The number of carbonyl (C=O) groups is 2. The highest BCUT2D eigenvalue weighted by atomic mass is 35.5. The minimum absolute atomic E-state index is 0. The third-order valence-corrected chi connectivity index (χ3v) is 4.31. The zero-order valence-electron chi connectivity index (χ0n) is 13.3. The van der Waals surface area contributed by atoms with Gasteiger partial charge in [0.2, 0.25) is 11.8 Å². The Bertz CT molecular complexity index is 572. The largest absolute Gasteiger partial charge is 0.340 e. The third kappa shape index (κ3) is 4.66. The topological polar surface area (TPSA) is 64.7 Å². The van der Waals surface area contributed by atoms with Gasteiger partial charge in [0.15, 0.2) is 0 Å². The van der Waals surface area contributed by atoms with E-state index >= 15 is 0 Å². The molecule has 0 radical (unpaired) electrons. The molecule has 0 unspecified atom stereocenters. The molecule has 0 aliphatic carbocycles. The van der Waals surface area contributed by atoms with Crippen molar-refractivity contribution in [2.45, 2.75) is 0 Å². The summed E-state index contributed by atoms with van der Waals surface area (Å²) in [7, 11) is 0. The minimum Gasteiger partial charge on any atom is -0.340 e. The fourth-order valence-corrected chi connectivity index (χ4v) is 2.78. The van der Waals surface area contributed by atoms with E-state index < -0.39 is 0 Å². The number of nitrogens with zero attached hydrogens (tertiary/aromatic N) is 2. The molecule has 1 aromatic carbocycles. The number of rotatable bonds is 4. The molecular weight excluding hydrogens is 335 g/mol. The van der Waals surface area contributed by atoms with Gasteiger partial charge in [0.05, 0.1) is 12.5 Å². The monoisotopic (exact) mass is 356 g/mol. The van der Waals surface area contributed by atoms with Crippen LogP contribution in [0.2, 0.25) is 0 Å². The lowest BCUT2D eigenvalue weighted by atomic mass is 10.0. The number of anilines is 1. The molecule has 2 heterocycles. The summed E-state index contributed by atoms with van der Waals surface area (Å²) in [4.78, 5) is 28.1. The predicted molar refractivity (Wildman–Crippen MR) is 91.7 cm³/mol. The Balaban J connectivity index is 0.00000208. The molecule has 0 bridgehead atoms. The van der Waals surface area contributed by atoms with Crippen molar-refractivity contribution in [3.63, 3.8) is 0 Å². The zero-order valence-corrected chi connectivity index (χ0v) is 14.2.